The van der Waals surface area contributed by atoms with E-state index in [1.54, 1.807) is 12.3 Å². The molecule has 2 aromatic heterocycles. The van der Waals surface area contributed by atoms with E-state index >= 15 is 0 Å². The lowest BCUT2D eigenvalue weighted by Crippen LogP contribution is -2.34. The fourth-order valence-electron chi connectivity index (χ4n) is 4.61. The second-order valence-corrected chi connectivity index (χ2v) is 9.70. The number of hydrogen-bond donors (Lipinski definition) is 2. The third-order valence-corrected chi connectivity index (χ3v) is 6.48. The zero-order chi connectivity index (χ0) is 25.8. The zero-order valence-corrected chi connectivity index (χ0v) is 21.3. The molecule has 0 aliphatic heterocycles. The van der Waals surface area contributed by atoms with Crippen molar-refractivity contribution >= 4 is 16.8 Å². The molecule has 0 bridgehead atoms. The molecule has 4 rings (SSSR count). The molecule has 1 amide bonds. The van der Waals surface area contributed by atoms with E-state index in [-0.39, 0.29) is 24.0 Å². The minimum Gasteiger partial charge on any atom is -0.396 e. The lowest BCUT2D eigenvalue weighted by molar-refractivity contribution is 0.0940. The fraction of sp³-hybridized carbons (Fsp3) is 0.300. The van der Waals surface area contributed by atoms with Gasteiger partial charge in [-0.2, -0.15) is 0 Å². The van der Waals surface area contributed by atoms with Gasteiger partial charge in [-0.25, -0.2) is 0 Å². The molecule has 0 aliphatic carbocycles. The van der Waals surface area contributed by atoms with Gasteiger partial charge in [0, 0.05) is 36.8 Å². The van der Waals surface area contributed by atoms with Gasteiger partial charge in [-0.15, -0.1) is 0 Å². The van der Waals surface area contributed by atoms with E-state index in [1.807, 2.05) is 58.0 Å². The first-order valence-electron chi connectivity index (χ1n) is 12.3. The second kappa shape index (κ2) is 10.9. The highest BCUT2D eigenvalue weighted by Gasteiger charge is 2.24. The van der Waals surface area contributed by atoms with Crippen LogP contribution in [-0.4, -0.2) is 27.2 Å². The van der Waals surface area contributed by atoms with Crippen molar-refractivity contribution in [1.29, 1.82) is 0 Å². The molecule has 6 heteroatoms. The maximum Gasteiger partial charge on any atom is 0.277 e. The maximum atomic E-state index is 13.8. The molecule has 2 heterocycles. The number of carbonyl (C=O) groups excluding carboxylic acids is 1. The number of nitrogens with one attached hydrogen (secondary N) is 1. The molecule has 4 aromatic rings. The molecule has 2 N–H and O–H groups in total. The van der Waals surface area contributed by atoms with Crippen LogP contribution in [-0.2, 0) is 13.1 Å². The summed E-state index contributed by atoms with van der Waals surface area (Å²) >= 11 is 0. The zero-order valence-electron chi connectivity index (χ0n) is 21.3. The van der Waals surface area contributed by atoms with E-state index in [4.69, 9.17) is 0 Å². The summed E-state index contributed by atoms with van der Waals surface area (Å²) in [7, 11) is 0. The largest absolute Gasteiger partial charge is 0.396 e. The van der Waals surface area contributed by atoms with E-state index in [0.29, 0.717) is 41.7 Å². The average Bonchev–Trinajstić information content (AvgIpc) is 2.86. The number of aliphatic hydroxyl groups excluding tert-OH is 1. The van der Waals surface area contributed by atoms with Gasteiger partial charge in [-0.05, 0) is 50.3 Å². The quantitative estimate of drug-likeness (QED) is 0.372. The molecule has 1 atom stereocenters. The molecule has 0 saturated carbocycles. The Balaban J connectivity index is 1.89. The third kappa shape index (κ3) is 5.39. The van der Waals surface area contributed by atoms with Crippen LogP contribution in [0.15, 0.2) is 65.6 Å². The standard InChI is InChI=1S/C30H33N3O3/c1-19-7-9-24(10-8-19)26-25-6-5-12-31-27(25)30(36)33(13-11-20(2)18-34)28(26)29(35)32-17-23-15-21(3)14-22(4)16-23/h5-10,12,14-16,20,34H,11,13,17-18H2,1-4H3,(H,32,35). The molecular formula is C30H33N3O3. The van der Waals surface area contributed by atoms with Crippen LogP contribution in [0.3, 0.4) is 0 Å². The number of hydrogen-bond acceptors (Lipinski definition) is 4. The minimum absolute atomic E-state index is 0.00895. The average molecular weight is 484 g/mol. The van der Waals surface area contributed by atoms with Crippen LogP contribution < -0.4 is 10.9 Å². The summed E-state index contributed by atoms with van der Waals surface area (Å²) < 4.78 is 1.54. The fourth-order valence-corrected chi connectivity index (χ4v) is 4.61. The summed E-state index contributed by atoms with van der Waals surface area (Å²) in [5.41, 5.74) is 6.25. The Labute approximate surface area is 211 Å². The molecule has 1 unspecified atom stereocenters. The number of fused-ring (bicyclic) bond motifs is 1. The van der Waals surface area contributed by atoms with Crippen molar-refractivity contribution in [3.63, 3.8) is 0 Å². The van der Waals surface area contributed by atoms with Crippen LogP contribution in [0.5, 0.6) is 0 Å². The summed E-state index contributed by atoms with van der Waals surface area (Å²) in [6.45, 7) is 8.66. The Morgan fingerprint density at radius 1 is 1.03 bits per heavy atom. The summed E-state index contributed by atoms with van der Waals surface area (Å²) in [5.74, 6) is -0.324. The van der Waals surface area contributed by atoms with Crippen molar-refractivity contribution < 1.29 is 9.90 Å². The number of aryl methyl sites for hydroxylation is 3. The summed E-state index contributed by atoms with van der Waals surface area (Å²) in [4.78, 5) is 31.8. The number of pyridine rings is 2. The van der Waals surface area contributed by atoms with Crippen molar-refractivity contribution in [2.24, 2.45) is 5.92 Å². The van der Waals surface area contributed by atoms with Crippen LogP contribution in [0.25, 0.3) is 22.0 Å². The third-order valence-electron chi connectivity index (χ3n) is 6.48. The molecule has 186 valence electrons. The first-order valence-corrected chi connectivity index (χ1v) is 12.3. The van der Waals surface area contributed by atoms with E-state index in [1.165, 1.54) is 4.57 Å². The molecule has 36 heavy (non-hydrogen) atoms. The van der Waals surface area contributed by atoms with Gasteiger partial charge >= 0.3 is 0 Å². The van der Waals surface area contributed by atoms with Crippen LogP contribution in [0.2, 0.25) is 0 Å². The van der Waals surface area contributed by atoms with Gasteiger partial charge in [-0.1, -0.05) is 72.1 Å². The van der Waals surface area contributed by atoms with E-state index in [0.717, 1.165) is 27.8 Å². The van der Waals surface area contributed by atoms with Crippen LogP contribution in [0, 0.1) is 26.7 Å². The number of nitrogens with zero attached hydrogens (tertiary/aromatic N) is 2. The predicted octanol–water partition coefficient (Wildman–Crippen LogP) is 4.94. The molecule has 0 radical (unpaired) electrons. The maximum absolute atomic E-state index is 13.8. The van der Waals surface area contributed by atoms with Crippen molar-refractivity contribution in [2.45, 2.75) is 47.2 Å². The normalized spacial score (nSPS) is 12.0. The van der Waals surface area contributed by atoms with Gasteiger partial charge in [0.1, 0.15) is 11.2 Å². The SMILES string of the molecule is Cc1ccc(-c2c(C(=O)NCc3cc(C)cc(C)c3)n(CCC(C)CO)c(=O)c3ncccc23)cc1. The highest BCUT2D eigenvalue weighted by Crippen LogP contribution is 2.31. The van der Waals surface area contributed by atoms with Crippen molar-refractivity contribution in [1.82, 2.24) is 14.9 Å². The van der Waals surface area contributed by atoms with Gasteiger partial charge in [0.15, 0.2) is 0 Å². The molecule has 2 aromatic carbocycles. The molecule has 0 fully saturated rings. The number of benzene rings is 2. The van der Waals surface area contributed by atoms with Gasteiger partial charge in [0.05, 0.1) is 0 Å². The highest BCUT2D eigenvalue weighted by molar-refractivity contribution is 6.07. The molecule has 0 aliphatic rings. The molecule has 0 spiro atoms. The van der Waals surface area contributed by atoms with Crippen molar-refractivity contribution in [3.8, 4) is 11.1 Å². The monoisotopic (exact) mass is 483 g/mol. The van der Waals surface area contributed by atoms with Crippen LogP contribution in [0.1, 0.15) is 46.1 Å². The minimum atomic E-state index is -0.316. The van der Waals surface area contributed by atoms with Crippen LogP contribution >= 0.6 is 0 Å². The molecule has 0 saturated heterocycles. The highest BCUT2D eigenvalue weighted by atomic mass is 16.3. The predicted molar refractivity (Wildman–Crippen MR) is 144 cm³/mol. The Hall–Kier alpha value is -3.77. The Morgan fingerprint density at radius 2 is 1.72 bits per heavy atom. The molecular weight excluding hydrogens is 450 g/mol. The number of carbonyl (C=O) groups is 1. The van der Waals surface area contributed by atoms with Gasteiger partial charge in [0.2, 0.25) is 0 Å². The molecule has 6 nitrogen and oxygen atoms in total. The van der Waals surface area contributed by atoms with Gasteiger partial charge in [-0.3, -0.25) is 14.6 Å². The lowest BCUT2D eigenvalue weighted by Gasteiger charge is -2.20. The van der Waals surface area contributed by atoms with E-state index in [9.17, 15) is 14.7 Å². The Kier molecular flexibility index (Phi) is 7.65. The number of aromatic nitrogens is 2. The van der Waals surface area contributed by atoms with Crippen LogP contribution in [0.4, 0.5) is 0 Å². The van der Waals surface area contributed by atoms with Gasteiger partial charge < -0.3 is 15.0 Å². The number of aliphatic hydroxyl groups is 1. The Morgan fingerprint density at radius 3 is 2.39 bits per heavy atom. The summed E-state index contributed by atoms with van der Waals surface area (Å²) in [6, 6.07) is 17.8. The van der Waals surface area contributed by atoms with Gasteiger partial charge in [0.25, 0.3) is 11.5 Å². The lowest BCUT2D eigenvalue weighted by atomic mass is 9.96. The van der Waals surface area contributed by atoms with Crippen molar-refractivity contribution in [2.75, 3.05) is 6.61 Å². The summed E-state index contributed by atoms with van der Waals surface area (Å²) in [6.07, 6.45) is 2.16. The van der Waals surface area contributed by atoms with E-state index < -0.39 is 0 Å². The Bertz CT molecular complexity index is 1440. The summed E-state index contributed by atoms with van der Waals surface area (Å²) in [5, 5.41) is 13.3. The topological polar surface area (TPSA) is 84.2 Å². The first kappa shape index (κ1) is 25.3. The smallest absolute Gasteiger partial charge is 0.277 e. The number of amides is 1. The first-order chi connectivity index (χ1) is 17.3. The van der Waals surface area contributed by atoms with Crippen molar-refractivity contribution in [3.05, 3.63) is 99.1 Å². The second-order valence-electron chi connectivity index (χ2n) is 9.70. The number of rotatable bonds is 8. The van der Waals surface area contributed by atoms with E-state index in [2.05, 4.69) is 28.5 Å².